The molecular formula is C34H62Na2O8S4. The van der Waals surface area contributed by atoms with Gasteiger partial charge in [-0.3, -0.25) is 9.59 Å². The Hall–Kier alpha value is 1.28. The number of thioether (sulfide) groups is 4. The van der Waals surface area contributed by atoms with Crippen molar-refractivity contribution in [2.24, 2.45) is 21.7 Å². The Labute approximate surface area is 354 Å². The van der Waals surface area contributed by atoms with Gasteiger partial charge in [-0.05, 0) is 126 Å². The van der Waals surface area contributed by atoms with Crippen LogP contribution in [-0.2, 0) is 28.7 Å². The van der Waals surface area contributed by atoms with E-state index in [4.69, 9.17) is 9.47 Å². The summed E-state index contributed by atoms with van der Waals surface area (Å²) in [7, 11) is 0. The second kappa shape index (κ2) is 30.7. The van der Waals surface area contributed by atoms with Crippen LogP contribution < -0.4 is 69.3 Å². The van der Waals surface area contributed by atoms with E-state index in [9.17, 15) is 29.4 Å². The largest absolute Gasteiger partial charge is 1.00 e. The average molecular weight is 773 g/mol. The molecule has 0 bridgehead atoms. The molecule has 0 rings (SSSR count). The van der Waals surface area contributed by atoms with Crippen molar-refractivity contribution >= 4 is 70.9 Å². The summed E-state index contributed by atoms with van der Waals surface area (Å²) in [5.41, 5.74) is -2.29. The molecule has 0 atom stereocenters. The Kier molecular flexibility index (Phi) is 35.8. The van der Waals surface area contributed by atoms with Gasteiger partial charge in [-0.1, -0.05) is 27.7 Å². The molecule has 0 aliphatic rings. The van der Waals surface area contributed by atoms with E-state index in [1.165, 1.54) is 0 Å². The molecule has 0 fully saturated rings. The molecule has 0 spiro atoms. The molecule has 0 aliphatic heterocycles. The van der Waals surface area contributed by atoms with Crippen LogP contribution in [0.15, 0.2) is 0 Å². The second-order valence-electron chi connectivity index (χ2n) is 13.7. The number of carbonyl (C=O) groups excluding carboxylic acids is 4. The van der Waals surface area contributed by atoms with Gasteiger partial charge in [-0.2, -0.15) is 47.0 Å². The summed E-state index contributed by atoms with van der Waals surface area (Å²) < 4.78 is 10.2. The topological polar surface area (TPSA) is 133 Å². The van der Waals surface area contributed by atoms with Gasteiger partial charge >= 0.3 is 71.1 Å². The zero-order valence-electron chi connectivity index (χ0n) is 32.2. The molecule has 0 aromatic carbocycles. The number of rotatable bonds is 26. The zero-order valence-corrected chi connectivity index (χ0v) is 39.5. The molecule has 0 amide bonds. The fourth-order valence-corrected chi connectivity index (χ4v) is 8.50. The normalized spacial score (nSPS) is 11.7. The summed E-state index contributed by atoms with van der Waals surface area (Å²) in [6, 6.07) is 0. The van der Waals surface area contributed by atoms with Crippen LogP contribution in [0.25, 0.3) is 0 Å². The van der Waals surface area contributed by atoms with Crippen LogP contribution in [0.5, 0.6) is 0 Å². The summed E-state index contributed by atoms with van der Waals surface area (Å²) in [6.07, 6.45) is 5.12. The van der Waals surface area contributed by atoms with Crippen LogP contribution in [0.3, 0.4) is 0 Å². The van der Waals surface area contributed by atoms with E-state index < -0.39 is 33.6 Å². The van der Waals surface area contributed by atoms with Gasteiger partial charge in [-0.15, -0.1) is 0 Å². The number of hydrogen-bond acceptors (Lipinski definition) is 12. The van der Waals surface area contributed by atoms with E-state index in [1.807, 2.05) is 65.1 Å². The van der Waals surface area contributed by atoms with Crippen LogP contribution in [0.1, 0.15) is 108 Å². The quantitative estimate of drug-likeness (QED) is 0.0666. The molecule has 0 heterocycles. The molecule has 0 aromatic heterocycles. The number of carbonyl (C=O) groups is 4. The zero-order chi connectivity index (χ0) is 35.9. The minimum atomic E-state index is -0.991. The molecule has 0 saturated heterocycles. The summed E-state index contributed by atoms with van der Waals surface area (Å²) in [5, 5.41) is 21.6. The predicted molar refractivity (Wildman–Crippen MR) is 195 cm³/mol. The minimum absolute atomic E-state index is 0. The molecule has 0 saturated carbocycles. The summed E-state index contributed by atoms with van der Waals surface area (Å²) >= 11 is 7.31. The van der Waals surface area contributed by atoms with E-state index in [-0.39, 0.29) is 71.1 Å². The minimum Gasteiger partial charge on any atom is -0.550 e. The number of carboxylic acid groups (broad SMARTS) is 2. The first-order valence-electron chi connectivity index (χ1n) is 16.3. The first-order chi connectivity index (χ1) is 21.3. The first kappa shape index (κ1) is 56.0. The van der Waals surface area contributed by atoms with Crippen molar-refractivity contribution < 1.29 is 98.0 Å². The Morgan fingerprint density at radius 1 is 0.458 bits per heavy atom. The van der Waals surface area contributed by atoms with E-state index in [1.54, 1.807) is 51.2 Å². The molecule has 0 aliphatic carbocycles. The van der Waals surface area contributed by atoms with Crippen molar-refractivity contribution in [1.82, 2.24) is 0 Å². The van der Waals surface area contributed by atoms with Crippen molar-refractivity contribution in [3.05, 3.63) is 0 Å². The molecule has 0 N–H and O–H groups in total. The van der Waals surface area contributed by atoms with Crippen LogP contribution in [0, 0.1) is 21.7 Å². The van der Waals surface area contributed by atoms with Crippen molar-refractivity contribution in [3.63, 3.8) is 0 Å². The van der Waals surface area contributed by atoms with Gasteiger partial charge < -0.3 is 29.3 Å². The van der Waals surface area contributed by atoms with Gasteiger partial charge in [0.25, 0.3) is 0 Å². The third-order valence-electron chi connectivity index (χ3n) is 7.40. The van der Waals surface area contributed by atoms with E-state index in [0.717, 1.165) is 71.7 Å². The molecule has 0 radical (unpaired) electrons. The monoisotopic (exact) mass is 772 g/mol. The van der Waals surface area contributed by atoms with E-state index in [2.05, 4.69) is 0 Å². The maximum Gasteiger partial charge on any atom is 1.00 e. The summed E-state index contributed by atoms with van der Waals surface area (Å²) in [6.45, 7) is 19.1. The Morgan fingerprint density at radius 2 is 0.688 bits per heavy atom. The van der Waals surface area contributed by atoms with Crippen molar-refractivity contribution in [1.29, 1.82) is 0 Å². The van der Waals surface area contributed by atoms with Gasteiger partial charge in [0, 0.05) is 22.8 Å². The predicted octanol–water partition coefficient (Wildman–Crippen LogP) is -0.0150. The van der Waals surface area contributed by atoms with Crippen molar-refractivity contribution in [3.8, 4) is 0 Å². The fourth-order valence-electron chi connectivity index (χ4n) is 3.30. The third-order valence-corrected chi connectivity index (χ3v) is 11.7. The second-order valence-corrected chi connectivity index (χ2v) is 18.6. The smallest absolute Gasteiger partial charge is 0.550 e. The van der Waals surface area contributed by atoms with Crippen LogP contribution >= 0.6 is 47.0 Å². The number of carboxylic acids is 2. The number of ether oxygens (including phenoxy) is 2. The number of aliphatic carboxylic acids is 2. The van der Waals surface area contributed by atoms with Crippen LogP contribution in [0.2, 0.25) is 0 Å². The Bertz CT molecular complexity index is 819. The van der Waals surface area contributed by atoms with Crippen LogP contribution in [-0.4, -0.2) is 83.1 Å². The summed E-state index contributed by atoms with van der Waals surface area (Å²) in [4.78, 5) is 45.2. The molecular weight excluding hydrogens is 711 g/mol. The van der Waals surface area contributed by atoms with Gasteiger partial charge in [0.1, 0.15) is 0 Å². The molecule has 272 valence electrons. The average Bonchev–Trinajstić information content (AvgIpc) is 2.95. The molecule has 14 heteroatoms. The molecule has 8 nitrogen and oxygen atoms in total. The molecule has 0 aromatic rings. The number of hydrogen-bond donors (Lipinski definition) is 0. The fraction of sp³-hybridized carbons (Fsp3) is 0.882. The Morgan fingerprint density at radius 3 is 0.896 bits per heavy atom. The van der Waals surface area contributed by atoms with Gasteiger partial charge in [-0.25, -0.2) is 0 Å². The van der Waals surface area contributed by atoms with E-state index in [0.29, 0.717) is 26.1 Å². The first-order valence-corrected chi connectivity index (χ1v) is 21.0. The SMILES string of the molecule is CC(C)(CCSCCCSCCC(C)(C)C(=O)[O-])C(=O)[O-].CCOC(=O)C(C)(C)CCSCCCSCCC(C)(C)C(=O)OCC.[Na+].[Na+]. The van der Waals surface area contributed by atoms with Crippen molar-refractivity contribution in [2.75, 3.05) is 59.2 Å². The standard InChI is InChI=1S/C19H36O4S2.C15H28O4S2.2Na/c1-7-22-16(20)18(3,4)10-14-24-12-9-13-25-15-11-19(5,6)17(21)23-8-2;1-14(2,12(16)17)6-10-20-8-5-9-21-11-7-15(3,4)13(18)19;;/h7-15H2,1-6H3;5-11H2,1-4H3,(H,16,17)(H,18,19);;/q;;2*+1/p-2. The van der Waals surface area contributed by atoms with E-state index >= 15 is 0 Å². The van der Waals surface area contributed by atoms with Crippen molar-refractivity contribution in [2.45, 2.75) is 108 Å². The maximum absolute atomic E-state index is 11.8. The molecule has 48 heavy (non-hydrogen) atoms. The number of esters is 2. The van der Waals surface area contributed by atoms with Crippen LogP contribution in [0.4, 0.5) is 0 Å². The maximum atomic E-state index is 11.8. The summed E-state index contributed by atoms with van der Waals surface area (Å²) in [5.74, 6) is 5.63. The molecule has 0 unspecified atom stereocenters. The Balaban J connectivity index is -0.000000393. The third kappa shape index (κ3) is 28.8. The van der Waals surface area contributed by atoms with Gasteiger partial charge in [0.15, 0.2) is 0 Å². The van der Waals surface area contributed by atoms with Gasteiger partial charge in [0.05, 0.1) is 24.0 Å². The van der Waals surface area contributed by atoms with Gasteiger partial charge in [0.2, 0.25) is 0 Å².